The average molecular weight is 337 g/mol. The van der Waals surface area contributed by atoms with Crippen LogP contribution < -0.4 is 9.64 Å². The molecule has 1 N–H and O–H groups in total. The highest BCUT2D eigenvalue weighted by molar-refractivity contribution is 5.96. The predicted octanol–water partition coefficient (Wildman–Crippen LogP) is 2.93. The lowest BCUT2D eigenvalue weighted by atomic mass is 10.1. The van der Waals surface area contributed by atoms with E-state index >= 15 is 0 Å². The van der Waals surface area contributed by atoms with Gasteiger partial charge in [-0.3, -0.25) is 14.8 Å². The normalized spacial score (nSPS) is 14.7. The van der Waals surface area contributed by atoms with Crippen LogP contribution in [0.2, 0.25) is 0 Å². The predicted molar refractivity (Wildman–Crippen MR) is 94.5 cm³/mol. The summed E-state index contributed by atoms with van der Waals surface area (Å²) in [6.45, 7) is 4.64. The number of ether oxygens (including phenoxy) is 1. The van der Waals surface area contributed by atoms with Crippen LogP contribution in [0, 0.1) is 0 Å². The first-order chi connectivity index (χ1) is 12.1. The number of carbonyl (C=O) groups excluding carboxylic acids is 1. The Labute approximate surface area is 145 Å². The maximum atomic E-state index is 12.0. The van der Waals surface area contributed by atoms with Gasteiger partial charge in [0.25, 0.3) is 0 Å². The maximum Gasteiger partial charge on any atom is 0.228 e. The van der Waals surface area contributed by atoms with Gasteiger partial charge in [0.2, 0.25) is 11.8 Å². The summed E-state index contributed by atoms with van der Waals surface area (Å²) < 4.78 is 5.68. The summed E-state index contributed by atoms with van der Waals surface area (Å²) in [4.78, 5) is 22.3. The monoisotopic (exact) mass is 337 g/mol. The molecule has 1 fully saturated rings. The van der Waals surface area contributed by atoms with Crippen LogP contribution in [-0.2, 0) is 4.79 Å². The van der Waals surface area contributed by atoms with Crippen molar-refractivity contribution in [3.8, 4) is 17.1 Å². The number of aromatic nitrogens is 4. The molecule has 7 nitrogen and oxygen atoms in total. The number of pyridine rings is 2. The van der Waals surface area contributed by atoms with E-state index in [1.54, 1.807) is 17.3 Å². The molecule has 0 aromatic carbocycles. The molecular formula is C18H19N5O2. The molecule has 0 spiro atoms. The van der Waals surface area contributed by atoms with Crippen molar-refractivity contribution in [3.63, 3.8) is 0 Å². The summed E-state index contributed by atoms with van der Waals surface area (Å²) in [6, 6.07) is 5.68. The van der Waals surface area contributed by atoms with Gasteiger partial charge in [-0.05, 0) is 32.4 Å². The standard InChI is InChI=1S/C18H19N5O2/c1-11(2)25-16-9-13-14(10-20-16)21-22-18(13)12-5-6-19-15(8-12)23-7-3-4-17(23)24/h5-6,8-11H,3-4,7H2,1-2H3,(H,21,22). The lowest BCUT2D eigenvalue weighted by molar-refractivity contribution is -0.117. The van der Waals surface area contributed by atoms with E-state index in [2.05, 4.69) is 20.2 Å². The van der Waals surface area contributed by atoms with Gasteiger partial charge >= 0.3 is 0 Å². The molecular weight excluding hydrogens is 318 g/mol. The highest BCUT2D eigenvalue weighted by Crippen LogP contribution is 2.30. The topological polar surface area (TPSA) is 84.0 Å². The first-order valence-electron chi connectivity index (χ1n) is 8.39. The Morgan fingerprint density at radius 2 is 2.16 bits per heavy atom. The summed E-state index contributed by atoms with van der Waals surface area (Å²) in [5.41, 5.74) is 2.53. The number of H-pyrrole nitrogens is 1. The van der Waals surface area contributed by atoms with Crippen molar-refractivity contribution in [3.05, 3.63) is 30.6 Å². The van der Waals surface area contributed by atoms with Gasteiger partial charge in [0.15, 0.2) is 0 Å². The number of carbonyl (C=O) groups is 1. The van der Waals surface area contributed by atoms with Gasteiger partial charge in [-0.2, -0.15) is 5.10 Å². The first-order valence-corrected chi connectivity index (χ1v) is 8.39. The molecule has 0 unspecified atom stereocenters. The lowest BCUT2D eigenvalue weighted by Gasteiger charge is -2.14. The number of amides is 1. The van der Waals surface area contributed by atoms with Crippen LogP contribution in [0.3, 0.4) is 0 Å². The maximum absolute atomic E-state index is 12.0. The zero-order valence-corrected chi connectivity index (χ0v) is 14.2. The smallest absolute Gasteiger partial charge is 0.228 e. The highest BCUT2D eigenvalue weighted by Gasteiger charge is 2.23. The Balaban J connectivity index is 1.75. The third-order valence-corrected chi connectivity index (χ3v) is 4.15. The highest BCUT2D eigenvalue weighted by atomic mass is 16.5. The van der Waals surface area contributed by atoms with E-state index in [-0.39, 0.29) is 12.0 Å². The Morgan fingerprint density at radius 3 is 2.92 bits per heavy atom. The molecule has 3 aromatic heterocycles. The molecule has 7 heteroatoms. The molecule has 3 aromatic rings. The van der Waals surface area contributed by atoms with Crippen molar-refractivity contribution >= 4 is 22.6 Å². The van der Waals surface area contributed by atoms with E-state index in [4.69, 9.17) is 4.74 Å². The minimum Gasteiger partial charge on any atom is -0.475 e. The van der Waals surface area contributed by atoms with Crippen LogP contribution in [0.5, 0.6) is 5.88 Å². The van der Waals surface area contributed by atoms with Crippen LogP contribution in [0.1, 0.15) is 26.7 Å². The fourth-order valence-corrected chi connectivity index (χ4v) is 3.03. The van der Waals surface area contributed by atoms with E-state index in [9.17, 15) is 4.79 Å². The lowest BCUT2D eigenvalue weighted by Crippen LogP contribution is -2.24. The third kappa shape index (κ3) is 2.93. The summed E-state index contributed by atoms with van der Waals surface area (Å²) >= 11 is 0. The second-order valence-electron chi connectivity index (χ2n) is 6.36. The minimum absolute atomic E-state index is 0.0500. The summed E-state index contributed by atoms with van der Waals surface area (Å²) in [7, 11) is 0. The van der Waals surface area contributed by atoms with E-state index in [1.807, 2.05) is 32.0 Å². The molecule has 1 aliphatic rings. The van der Waals surface area contributed by atoms with Gasteiger partial charge in [0, 0.05) is 36.2 Å². The molecule has 0 saturated carbocycles. The summed E-state index contributed by atoms with van der Waals surface area (Å²) in [6.07, 6.45) is 4.93. The number of fused-ring (bicyclic) bond motifs is 1. The van der Waals surface area contributed by atoms with Gasteiger partial charge in [-0.25, -0.2) is 9.97 Å². The molecule has 1 saturated heterocycles. The Morgan fingerprint density at radius 1 is 1.28 bits per heavy atom. The average Bonchev–Trinajstić information content (AvgIpc) is 3.20. The molecule has 25 heavy (non-hydrogen) atoms. The van der Waals surface area contributed by atoms with Crippen molar-refractivity contribution in [2.75, 3.05) is 11.4 Å². The Bertz CT molecular complexity index is 934. The second kappa shape index (κ2) is 6.16. The Kier molecular flexibility index (Phi) is 3.83. The van der Waals surface area contributed by atoms with Crippen molar-refractivity contribution in [2.45, 2.75) is 32.8 Å². The molecule has 128 valence electrons. The van der Waals surface area contributed by atoms with E-state index in [1.165, 1.54) is 0 Å². The van der Waals surface area contributed by atoms with Crippen molar-refractivity contribution < 1.29 is 9.53 Å². The van der Waals surface area contributed by atoms with E-state index < -0.39 is 0 Å². The molecule has 0 radical (unpaired) electrons. The molecule has 0 atom stereocenters. The number of nitrogens with zero attached hydrogens (tertiary/aromatic N) is 4. The van der Waals surface area contributed by atoms with E-state index in [0.717, 1.165) is 28.6 Å². The van der Waals surface area contributed by atoms with Crippen molar-refractivity contribution in [2.24, 2.45) is 0 Å². The second-order valence-corrected chi connectivity index (χ2v) is 6.36. The largest absolute Gasteiger partial charge is 0.475 e. The molecule has 4 heterocycles. The van der Waals surface area contributed by atoms with Gasteiger partial charge in [-0.15, -0.1) is 0 Å². The molecule has 1 amide bonds. The molecule has 4 rings (SSSR count). The van der Waals surface area contributed by atoms with E-state index in [0.29, 0.717) is 24.7 Å². The van der Waals surface area contributed by atoms with Crippen LogP contribution >= 0.6 is 0 Å². The van der Waals surface area contributed by atoms with Crippen LogP contribution in [0.25, 0.3) is 22.2 Å². The van der Waals surface area contributed by atoms with Crippen LogP contribution in [0.15, 0.2) is 30.6 Å². The third-order valence-electron chi connectivity index (χ3n) is 4.15. The Hall–Kier alpha value is -2.96. The number of nitrogens with one attached hydrogen (secondary N) is 1. The fraction of sp³-hybridized carbons (Fsp3) is 0.333. The van der Waals surface area contributed by atoms with Gasteiger partial charge in [0.05, 0.1) is 17.8 Å². The fourth-order valence-electron chi connectivity index (χ4n) is 3.03. The van der Waals surface area contributed by atoms with Gasteiger partial charge in [0.1, 0.15) is 11.5 Å². The zero-order chi connectivity index (χ0) is 17.4. The molecule has 0 bridgehead atoms. The van der Waals surface area contributed by atoms with Crippen LogP contribution in [-0.4, -0.2) is 38.7 Å². The van der Waals surface area contributed by atoms with Crippen molar-refractivity contribution in [1.29, 1.82) is 0 Å². The zero-order valence-electron chi connectivity index (χ0n) is 14.2. The summed E-state index contributed by atoms with van der Waals surface area (Å²) in [5, 5.41) is 8.34. The first kappa shape index (κ1) is 15.6. The summed E-state index contributed by atoms with van der Waals surface area (Å²) in [5.74, 6) is 1.35. The number of rotatable bonds is 4. The van der Waals surface area contributed by atoms with Gasteiger partial charge < -0.3 is 4.74 Å². The number of hydrogen-bond acceptors (Lipinski definition) is 5. The number of anilines is 1. The van der Waals surface area contributed by atoms with Crippen molar-refractivity contribution in [1.82, 2.24) is 20.2 Å². The number of aromatic amines is 1. The molecule has 1 aliphatic heterocycles. The number of hydrogen-bond donors (Lipinski definition) is 1. The SMILES string of the molecule is CC(C)Oc1cc2c(-c3ccnc(N4CCCC4=O)c3)n[nH]c2cn1. The minimum atomic E-state index is 0.0500. The van der Waals surface area contributed by atoms with Gasteiger partial charge in [-0.1, -0.05) is 0 Å². The van der Waals surface area contributed by atoms with Crippen LogP contribution in [0.4, 0.5) is 5.82 Å². The molecule has 0 aliphatic carbocycles. The quantitative estimate of drug-likeness (QED) is 0.791.